The summed E-state index contributed by atoms with van der Waals surface area (Å²) < 4.78 is 11.1. The zero-order valence-corrected chi connectivity index (χ0v) is 10.4. The lowest BCUT2D eigenvalue weighted by Crippen LogP contribution is -2.38. The molecule has 1 N–H and O–H groups in total. The molecule has 1 heterocycles. The first kappa shape index (κ1) is 12.3. The van der Waals surface area contributed by atoms with E-state index in [0.29, 0.717) is 6.04 Å². The van der Waals surface area contributed by atoms with E-state index >= 15 is 0 Å². The third-order valence-corrected chi connectivity index (χ3v) is 3.76. The second-order valence-electron chi connectivity index (χ2n) is 5.01. The van der Waals surface area contributed by atoms with Crippen LogP contribution < -0.4 is 5.32 Å². The lowest BCUT2D eigenvalue weighted by Gasteiger charge is -2.26. The van der Waals surface area contributed by atoms with Crippen LogP contribution in [0.2, 0.25) is 0 Å². The number of hydrogen-bond donors (Lipinski definition) is 1. The van der Waals surface area contributed by atoms with Crippen LogP contribution in [-0.2, 0) is 9.47 Å². The molecule has 0 radical (unpaired) electrons. The molecule has 0 amide bonds. The Morgan fingerprint density at radius 3 is 2.50 bits per heavy atom. The van der Waals surface area contributed by atoms with Gasteiger partial charge in [0.15, 0.2) is 6.29 Å². The normalized spacial score (nSPS) is 25.3. The molecule has 1 unspecified atom stereocenters. The Kier molecular flexibility index (Phi) is 5.07. The summed E-state index contributed by atoms with van der Waals surface area (Å²) in [6.07, 6.45) is 7.86. The topological polar surface area (TPSA) is 30.5 Å². The summed E-state index contributed by atoms with van der Waals surface area (Å²) in [4.78, 5) is 0. The van der Waals surface area contributed by atoms with Crippen LogP contribution in [0.4, 0.5) is 0 Å². The number of hydrogen-bond acceptors (Lipinski definition) is 3. The van der Waals surface area contributed by atoms with Gasteiger partial charge in [0.05, 0.1) is 13.2 Å². The second-order valence-corrected chi connectivity index (χ2v) is 5.01. The number of nitrogens with one attached hydrogen (secondary N) is 1. The average molecular weight is 227 g/mol. The van der Waals surface area contributed by atoms with E-state index in [2.05, 4.69) is 12.2 Å². The zero-order valence-electron chi connectivity index (χ0n) is 10.4. The molecule has 16 heavy (non-hydrogen) atoms. The molecule has 0 aromatic heterocycles. The summed E-state index contributed by atoms with van der Waals surface area (Å²) in [6, 6.07) is 0.602. The molecule has 2 fully saturated rings. The van der Waals surface area contributed by atoms with Crippen molar-refractivity contribution < 1.29 is 9.47 Å². The van der Waals surface area contributed by atoms with Crippen molar-refractivity contribution in [3.8, 4) is 0 Å². The van der Waals surface area contributed by atoms with Crippen LogP contribution in [0.5, 0.6) is 0 Å². The molecule has 3 nitrogen and oxygen atoms in total. The maximum atomic E-state index is 5.56. The van der Waals surface area contributed by atoms with Crippen LogP contribution in [0.25, 0.3) is 0 Å². The van der Waals surface area contributed by atoms with Gasteiger partial charge >= 0.3 is 0 Å². The van der Waals surface area contributed by atoms with Crippen LogP contribution in [0.1, 0.15) is 45.4 Å². The molecular weight excluding hydrogens is 202 g/mol. The molecule has 0 bridgehead atoms. The van der Waals surface area contributed by atoms with Crippen molar-refractivity contribution in [2.45, 2.75) is 57.8 Å². The van der Waals surface area contributed by atoms with Gasteiger partial charge in [-0.15, -0.1) is 0 Å². The third-order valence-electron chi connectivity index (χ3n) is 3.76. The molecule has 1 aliphatic heterocycles. The third kappa shape index (κ3) is 3.44. The molecule has 94 valence electrons. The van der Waals surface area contributed by atoms with Crippen molar-refractivity contribution in [2.24, 2.45) is 5.92 Å². The van der Waals surface area contributed by atoms with E-state index in [1.807, 2.05) is 0 Å². The Morgan fingerprint density at radius 2 is 1.88 bits per heavy atom. The van der Waals surface area contributed by atoms with Crippen molar-refractivity contribution in [3.63, 3.8) is 0 Å². The van der Waals surface area contributed by atoms with Gasteiger partial charge < -0.3 is 14.8 Å². The van der Waals surface area contributed by atoms with E-state index in [1.54, 1.807) is 0 Å². The van der Waals surface area contributed by atoms with E-state index in [4.69, 9.17) is 9.47 Å². The smallest absolute Gasteiger partial charge is 0.159 e. The fourth-order valence-electron chi connectivity index (χ4n) is 2.88. The number of rotatable bonds is 6. The summed E-state index contributed by atoms with van der Waals surface area (Å²) >= 11 is 0. The van der Waals surface area contributed by atoms with E-state index in [0.717, 1.165) is 32.1 Å². The van der Waals surface area contributed by atoms with E-state index < -0.39 is 0 Å². The summed E-state index contributed by atoms with van der Waals surface area (Å²) in [7, 11) is 0. The van der Waals surface area contributed by atoms with Crippen molar-refractivity contribution in [1.82, 2.24) is 5.32 Å². The first-order valence-electron chi connectivity index (χ1n) is 6.86. The zero-order chi connectivity index (χ0) is 11.2. The largest absolute Gasteiger partial charge is 0.350 e. The Balaban J connectivity index is 1.80. The highest BCUT2D eigenvalue weighted by Gasteiger charge is 2.28. The standard InChI is InChI=1S/C13H25NO2/c1-2-7-14-12(11-5-3-4-6-11)10-13-15-8-9-16-13/h11-14H,2-10H2,1H3. The lowest BCUT2D eigenvalue weighted by atomic mass is 9.95. The minimum absolute atomic E-state index is 0.0509. The molecule has 1 atom stereocenters. The highest BCUT2D eigenvalue weighted by atomic mass is 16.7. The van der Waals surface area contributed by atoms with Crippen molar-refractivity contribution in [1.29, 1.82) is 0 Å². The maximum Gasteiger partial charge on any atom is 0.159 e. The minimum Gasteiger partial charge on any atom is -0.350 e. The van der Waals surface area contributed by atoms with Gasteiger partial charge in [-0.25, -0.2) is 0 Å². The fourth-order valence-corrected chi connectivity index (χ4v) is 2.88. The Hall–Kier alpha value is -0.120. The van der Waals surface area contributed by atoms with Gasteiger partial charge in [-0.05, 0) is 31.7 Å². The van der Waals surface area contributed by atoms with Gasteiger partial charge in [0.2, 0.25) is 0 Å². The molecule has 0 aromatic rings. The number of ether oxygens (including phenoxy) is 2. The first-order valence-corrected chi connectivity index (χ1v) is 6.86. The Bertz CT molecular complexity index is 186. The van der Waals surface area contributed by atoms with Crippen LogP contribution in [0.15, 0.2) is 0 Å². The minimum atomic E-state index is 0.0509. The lowest BCUT2D eigenvalue weighted by molar-refractivity contribution is -0.0563. The monoisotopic (exact) mass is 227 g/mol. The summed E-state index contributed by atoms with van der Waals surface area (Å²) in [5, 5.41) is 3.68. The first-order chi connectivity index (χ1) is 7.90. The van der Waals surface area contributed by atoms with Gasteiger partial charge in [-0.1, -0.05) is 19.8 Å². The van der Waals surface area contributed by atoms with Crippen LogP contribution in [0, 0.1) is 5.92 Å². The van der Waals surface area contributed by atoms with E-state index in [1.165, 1.54) is 32.1 Å². The Labute approximate surface area is 98.9 Å². The molecule has 2 aliphatic rings. The van der Waals surface area contributed by atoms with Gasteiger partial charge in [-0.3, -0.25) is 0 Å². The van der Waals surface area contributed by atoms with Crippen molar-refractivity contribution >= 4 is 0 Å². The molecule has 1 saturated carbocycles. The molecule has 0 aromatic carbocycles. The second kappa shape index (κ2) is 6.58. The molecule has 2 rings (SSSR count). The predicted octanol–water partition coefficient (Wildman–Crippen LogP) is 2.31. The maximum absolute atomic E-state index is 5.56. The SMILES string of the molecule is CCCNC(CC1OCCO1)C1CCCC1. The van der Waals surface area contributed by atoms with Crippen LogP contribution in [-0.4, -0.2) is 32.1 Å². The van der Waals surface area contributed by atoms with Gasteiger partial charge in [0.25, 0.3) is 0 Å². The summed E-state index contributed by atoms with van der Waals surface area (Å²) in [5.74, 6) is 0.847. The van der Waals surface area contributed by atoms with E-state index in [-0.39, 0.29) is 6.29 Å². The predicted molar refractivity (Wildman–Crippen MR) is 64.3 cm³/mol. The van der Waals surface area contributed by atoms with Gasteiger partial charge in [-0.2, -0.15) is 0 Å². The van der Waals surface area contributed by atoms with E-state index in [9.17, 15) is 0 Å². The van der Waals surface area contributed by atoms with Crippen LogP contribution >= 0.6 is 0 Å². The van der Waals surface area contributed by atoms with Crippen LogP contribution in [0.3, 0.4) is 0 Å². The summed E-state index contributed by atoms with van der Waals surface area (Å²) in [5.41, 5.74) is 0. The quantitative estimate of drug-likeness (QED) is 0.755. The van der Waals surface area contributed by atoms with Crippen molar-refractivity contribution in [2.75, 3.05) is 19.8 Å². The fraction of sp³-hybridized carbons (Fsp3) is 1.00. The van der Waals surface area contributed by atoms with Gasteiger partial charge in [0.1, 0.15) is 0 Å². The highest BCUT2D eigenvalue weighted by molar-refractivity contribution is 4.82. The molecule has 1 aliphatic carbocycles. The average Bonchev–Trinajstić information content (AvgIpc) is 2.96. The molecule has 1 saturated heterocycles. The molecule has 0 spiro atoms. The highest BCUT2D eigenvalue weighted by Crippen LogP contribution is 2.30. The molecule has 3 heteroatoms. The summed E-state index contributed by atoms with van der Waals surface area (Å²) in [6.45, 7) is 4.89. The van der Waals surface area contributed by atoms with Gasteiger partial charge in [0, 0.05) is 12.5 Å². The Morgan fingerprint density at radius 1 is 1.19 bits per heavy atom. The van der Waals surface area contributed by atoms with Crippen molar-refractivity contribution in [3.05, 3.63) is 0 Å². The molecular formula is C13H25NO2.